The first-order valence-corrected chi connectivity index (χ1v) is 6.38. The van der Waals surface area contributed by atoms with E-state index in [0.717, 1.165) is 17.0 Å². The average molecular weight is 271 g/mol. The molecule has 2 aromatic rings. The molecular formula is C15H17N3O2. The minimum absolute atomic E-state index is 0.00697. The highest BCUT2D eigenvalue weighted by atomic mass is 16.1. The number of benzene rings is 1. The highest BCUT2D eigenvalue weighted by Crippen LogP contribution is 2.13. The molecule has 0 aliphatic carbocycles. The smallest absolute Gasteiger partial charge is 0.228 e. The normalized spacial score (nSPS) is 10.3. The van der Waals surface area contributed by atoms with Crippen molar-refractivity contribution in [3.05, 3.63) is 46.8 Å². The van der Waals surface area contributed by atoms with Crippen LogP contribution in [0.3, 0.4) is 0 Å². The summed E-state index contributed by atoms with van der Waals surface area (Å²) in [6, 6.07) is 6.85. The molecule has 0 saturated carbocycles. The average Bonchev–Trinajstić information content (AvgIpc) is 2.71. The third kappa shape index (κ3) is 3.12. The molecule has 0 bridgehead atoms. The molecule has 2 N–H and O–H groups in total. The summed E-state index contributed by atoms with van der Waals surface area (Å²) in [4.78, 5) is 23.2. The summed E-state index contributed by atoms with van der Waals surface area (Å²) >= 11 is 0. The number of hydrogen-bond donors (Lipinski definition) is 2. The molecule has 5 nitrogen and oxygen atoms in total. The van der Waals surface area contributed by atoms with Crippen molar-refractivity contribution in [2.24, 2.45) is 0 Å². The third-order valence-electron chi connectivity index (χ3n) is 3.19. The lowest BCUT2D eigenvalue weighted by molar-refractivity contribution is -0.115. The van der Waals surface area contributed by atoms with Gasteiger partial charge in [-0.3, -0.25) is 14.7 Å². The monoisotopic (exact) mass is 271 g/mol. The number of nitrogens with zero attached hydrogens (tertiary/aromatic N) is 1. The molecule has 0 aliphatic rings. The predicted octanol–water partition coefficient (Wildman–Crippen LogP) is 2.41. The lowest BCUT2D eigenvalue weighted by Gasteiger charge is -2.06. The van der Waals surface area contributed by atoms with E-state index in [1.807, 2.05) is 13.8 Å². The van der Waals surface area contributed by atoms with Crippen LogP contribution in [-0.2, 0) is 11.2 Å². The van der Waals surface area contributed by atoms with Gasteiger partial charge in [-0.1, -0.05) is 0 Å². The van der Waals surface area contributed by atoms with Gasteiger partial charge in [0.2, 0.25) is 5.91 Å². The van der Waals surface area contributed by atoms with Crippen LogP contribution < -0.4 is 5.32 Å². The second-order valence-electron chi connectivity index (χ2n) is 4.77. The van der Waals surface area contributed by atoms with E-state index in [1.54, 1.807) is 24.3 Å². The van der Waals surface area contributed by atoms with Crippen molar-refractivity contribution in [3.63, 3.8) is 0 Å². The number of amides is 1. The Bertz CT molecular complexity index is 622. The Morgan fingerprint density at radius 1 is 1.20 bits per heavy atom. The Kier molecular flexibility index (Phi) is 3.98. The van der Waals surface area contributed by atoms with E-state index in [4.69, 9.17) is 0 Å². The van der Waals surface area contributed by atoms with Crippen LogP contribution in [-0.4, -0.2) is 21.9 Å². The summed E-state index contributed by atoms with van der Waals surface area (Å²) in [6.07, 6.45) is 0.280. The minimum atomic E-state index is -0.104. The number of ketones is 1. The van der Waals surface area contributed by atoms with E-state index >= 15 is 0 Å². The number of carbonyl (C=O) groups is 2. The molecule has 0 atom stereocenters. The van der Waals surface area contributed by atoms with Crippen molar-refractivity contribution in [2.75, 3.05) is 5.32 Å². The summed E-state index contributed by atoms with van der Waals surface area (Å²) in [7, 11) is 0. The Labute approximate surface area is 117 Å². The molecule has 1 aromatic heterocycles. The molecule has 0 saturated heterocycles. The maximum absolute atomic E-state index is 12.0. The number of anilines is 1. The first kappa shape index (κ1) is 14.0. The predicted molar refractivity (Wildman–Crippen MR) is 76.8 cm³/mol. The summed E-state index contributed by atoms with van der Waals surface area (Å²) in [5.41, 5.74) is 3.97. The number of rotatable bonds is 4. The molecule has 0 spiro atoms. The van der Waals surface area contributed by atoms with Gasteiger partial charge in [0.1, 0.15) is 0 Å². The molecule has 0 radical (unpaired) electrons. The number of Topliss-reactive ketones (excluding diaryl/α,β-unsaturated/α-hetero) is 1. The summed E-state index contributed by atoms with van der Waals surface area (Å²) in [5.74, 6) is -0.0966. The molecule has 1 heterocycles. The Morgan fingerprint density at radius 2 is 1.85 bits per heavy atom. The van der Waals surface area contributed by atoms with Crippen LogP contribution >= 0.6 is 0 Å². The Hall–Kier alpha value is -2.43. The van der Waals surface area contributed by atoms with Gasteiger partial charge in [-0.2, -0.15) is 5.10 Å². The molecule has 0 aliphatic heterocycles. The fraction of sp³-hybridized carbons (Fsp3) is 0.267. The minimum Gasteiger partial charge on any atom is -0.326 e. The van der Waals surface area contributed by atoms with E-state index in [-0.39, 0.29) is 18.1 Å². The van der Waals surface area contributed by atoms with Gasteiger partial charge < -0.3 is 5.32 Å². The van der Waals surface area contributed by atoms with Crippen LogP contribution in [0.1, 0.15) is 34.2 Å². The number of H-pyrrole nitrogens is 1. The van der Waals surface area contributed by atoms with Crippen LogP contribution in [0, 0.1) is 13.8 Å². The van der Waals surface area contributed by atoms with Gasteiger partial charge in [0, 0.05) is 22.5 Å². The van der Waals surface area contributed by atoms with Crippen LogP contribution in [0.4, 0.5) is 5.69 Å². The summed E-state index contributed by atoms with van der Waals surface area (Å²) in [5, 5.41) is 9.73. The SMILES string of the molecule is CC(=O)c1ccc(NC(=O)Cc2c(C)n[nH]c2C)cc1. The molecule has 104 valence electrons. The second kappa shape index (κ2) is 5.69. The van der Waals surface area contributed by atoms with E-state index < -0.39 is 0 Å². The molecule has 2 rings (SSSR count). The van der Waals surface area contributed by atoms with Crippen LogP contribution in [0.2, 0.25) is 0 Å². The zero-order valence-corrected chi connectivity index (χ0v) is 11.8. The standard InChI is InChI=1S/C15H17N3O2/c1-9-14(10(2)18-17-9)8-15(20)16-13-6-4-12(5-7-13)11(3)19/h4-7H,8H2,1-3H3,(H,16,20)(H,17,18). The van der Waals surface area contributed by atoms with Gasteiger partial charge in [0.25, 0.3) is 0 Å². The molecule has 5 heteroatoms. The largest absolute Gasteiger partial charge is 0.326 e. The first-order valence-electron chi connectivity index (χ1n) is 6.38. The molecule has 0 unspecified atom stereocenters. The zero-order valence-electron chi connectivity index (χ0n) is 11.8. The first-order chi connectivity index (χ1) is 9.47. The lowest BCUT2D eigenvalue weighted by Crippen LogP contribution is -2.15. The van der Waals surface area contributed by atoms with Gasteiger partial charge in [0.05, 0.1) is 12.1 Å². The maximum atomic E-state index is 12.0. The van der Waals surface area contributed by atoms with E-state index in [9.17, 15) is 9.59 Å². The van der Waals surface area contributed by atoms with Crippen molar-refractivity contribution < 1.29 is 9.59 Å². The van der Waals surface area contributed by atoms with Gasteiger partial charge in [-0.25, -0.2) is 0 Å². The fourth-order valence-electron chi connectivity index (χ4n) is 1.99. The third-order valence-corrected chi connectivity index (χ3v) is 3.19. The molecular weight excluding hydrogens is 254 g/mol. The molecule has 1 aromatic carbocycles. The quantitative estimate of drug-likeness (QED) is 0.838. The fourth-order valence-corrected chi connectivity index (χ4v) is 1.99. The molecule has 1 amide bonds. The second-order valence-corrected chi connectivity index (χ2v) is 4.77. The highest BCUT2D eigenvalue weighted by Gasteiger charge is 2.11. The number of nitrogens with one attached hydrogen (secondary N) is 2. The number of hydrogen-bond acceptors (Lipinski definition) is 3. The van der Waals surface area contributed by atoms with Crippen LogP contribution in [0.25, 0.3) is 0 Å². The van der Waals surface area contributed by atoms with Crippen molar-refractivity contribution in [1.29, 1.82) is 0 Å². The zero-order chi connectivity index (χ0) is 14.7. The number of aromatic nitrogens is 2. The van der Waals surface area contributed by atoms with Gasteiger partial charge >= 0.3 is 0 Å². The lowest BCUT2D eigenvalue weighted by atomic mass is 10.1. The molecule has 0 fully saturated rings. The summed E-state index contributed by atoms with van der Waals surface area (Å²) < 4.78 is 0. The Morgan fingerprint density at radius 3 is 2.35 bits per heavy atom. The highest BCUT2D eigenvalue weighted by molar-refractivity contribution is 5.96. The molecule has 20 heavy (non-hydrogen) atoms. The van der Waals surface area contributed by atoms with Gasteiger partial charge in [-0.15, -0.1) is 0 Å². The van der Waals surface area contributed by atoms with E-state index in [2.05, 4.69) is 15.5 Å². The number of aryl methyl sites for hydroxylation is 2. The van der Waals surface area contributed by atoms with Gasteiger partial charge in [-0.05, 0) is 45.0 Å². The Balaban J connectivity index is 2.03. The number of aromatic amines is 1. The van der Waals surface area contributed by atoms with Gasteiger partial charge in [0.15, 0.2) is 5.78 Å². The summed E-state index contributed by atoms with van der Waals surface area (Å²) in [6.45, 7) is 5.27. The van der Waals surface area contributed by atoms with E-state index in [1.165, 1.54) is 6.92 Å². The van der Waals surface area contributed by atoms with Crippen molar-refractivity contribution in [2.45, 2.75) is 27.2 Å². The van der Waals surface area contributed by atoms with E-state index in [0.29, 0.717) is 11.3 Å². The van der Waals surface area contributed by atoms with Crippen LogP contribution in [0.5, 0.6) is 0 Å². The van der Waals surface area contributed by atoms with Crippen LogP contribution in [0.15, 0.2) is 24.3 Å². The number of carbonyl (C=O) groups excluding carboxylic acids is 2. The maximum Gasteiger partial charge on any atom is 0.228 e. The van der Waals surface area contributed by atoms with Crippen molar-refractivity contribution >= 4 is 17.4 Å². The topological polar surface area (TPSA) is 74.8 Å². The van der Waals surface area contributed by atoms with Crippen molar-refractivity contribution in [3.8, 4) is 0 Å². The van der Waals surface area contributed by atoms with Crippen molar-refractivity contribution in [1.82, 2.24) is 10.2 Å².